The van der Waals surface area contributed by atoms with Crippen molar-refractivity contribution in [2.75, 3.05) is 5.32 Å². The van der Waals surface area contributed by atoms with Gasteiger partial charge in [-0.05, 0) is 43.3 Å². The number of aromatic nitrogens is 1. The largest absolute Gasteiger partial charge is 0.448 e. The summed E-state index contributed by atoms with van der Waals surface area (Å²) in [7, 11) is 0. The van der Waals surface area contributed by atoms with Crippen LogP contribution in [0.5, 0.6) is 0 Å². The zero-order valence-electron chi connectivity index (χ0n) is 13.8. The van der Waals surface area contributed by atoms with Gasteiger partial charge in [-0.2, -0.15) is 0 Å². The molecule has 3 rings (SSSR count). The summed E-state index contributed by atoms with van der Waals surface area (Å²) in [4.78, 5) is 39.3. The Kier molecular flexibility index (Phi) is 5.04. The van der Waals surface area contributed by atoms with Crippen LogP contribution in [0.25, 0.3) is 10.9 Å². The first kappa shape index (κ1) is 17.7. The Morgan fingerprint density at radius 1 is 1.12 bits per heavy atom. The van der Waals surface area contributed by atoms with Gasteiger partial charge in [0.25, 0.3) is 5.91 Å². The highest BCUT2D eigenvalue weighted by Gasteiger charge is 2.20. The highest BCUT2D eigenvalue weighted by atomic mass is 35.5. The summed E-state index contributed by atoms with van der Waals surface area (Å²) in [5.41, 5.74) is 0.732. The number of carbonyl (C=O) groups is 2. The average Bonchev–Trinajstić information content (AvgIpc) is 2.63. The van der Waals surface area contributed by atoms with E-state index >= 15 is 0 Å². The molecule has 0 aliphatic heterocycles. The zero-order chi connectivity index (χ0) is 18.7. The number of H-pyrrole nitrogens is 1. The van der Waals surface area contributed by atoms with Gasteiger partial charge in [-0.15, -0.1) is 0 Å². The van der Waals surface area contributed by atoms with Crippen LogP contribution in [-0.2, 0) is 9.53 Å². The summed E-state index contributed by atoms with van der Waals surface area (Å²) in [6.45, 7) is 1.45. The van der Waals surface area contributed by atoms with Gasteiger partial charge in [-0.25, -0.2) is 4.79 Å². The lowest BCUT2D eigenvalue weighted by molar-refractivity contribution is -0.123. The first-order chi connectivity index (χ1) is 12.4. The predicted molar refractivity (Wildman–Crippen MR) is 99.5 cm³/mol. The van der Waals surface area contributed by atoms with Crippen LogP contribution in [-0.4, -0.2) is 23.0 Å². The minimum atomic E-state index is -1.05. The molecule has 1 amide bonds. The van der Waals surface area contributed by atoms with Crippen LogP contribution in [0.3, 0.4) is 0 Å². The van der Waals surface area contributed by atoms with Crippen molar-refractivity contribution >= 4 is 40.1 Å². The third kappa shape index (κ3) is 3.92. The van der Waals surface area contributed by atoms with Crippen molar-refractivity contribution < 1.29 is 14.3 Å². The van der Waals surface area contributed by atoms with Crippen molar-refractivity contribution in [1.29, 1.82) is 0 Å². The number of nitrogens with one attached hydrogen (secondary N) is 2. The number of hydrogen-bond acceptors (Lipinski definition) is 4. The van der Waals surface area contributed by atoms with Crippen molar-refractivity contribution in [2.45, 2.75) is 13.0 Å². The number of aromatic amines is 1. The van der Waals surface area contributed by atoms with E-state index in [4.69, 9.17) is 16.3 Å². The molecule has 26 heavy (non-hydrogen) atoms. The van der Waals surface area contributed by atoms with Gasteiger partial charge in [-0.3, -0.25) is 9.59 Å². The van der Waals surface area contributed by atoms with E-state index in [2.05, 4.69) is 10.3 Å². The number of para-hydroxylation sites is 1. The molecule has 0 aliphatic carbocycles. The number of ether oxygens (including phenoxy) is 1. The van der Waals surface area contributed by atoms with Crippen molar-refractivity contribution in [1.82, 2.24) is 4.98 Å². The van der Waals surface area contributed by atoms with Crippen molar-refractivity contribution in [3.8, 4) is 0 Å². The van der Waals surface area contributed by atoms with Crippen molar-refractivity contribution in [3.05, 3.63) is 75.5 Å². The van der Waals surface area contributed by atoms with E-state index in [1.54, 1.807) is 48.5 Å². The van der Waals surface area contributed by atoms with Crippen LogP contribution in [0.1, 0.15) is 17.4 Å². The van der Waals surface area contributed by atoms with Crippen LogP contribution in [0, 0.1) is 0 Å². The number of benzene rings is 2. The van der Waals surface area contributed by atoms with Crippen LogP contribution in [0.15, 0.2) is 59.4 Å². The Labute approximate surface area is 153 Å². The molecule has 132 valence electrons. The van der Waals surface area contributed by atoms with Gasteiger partial charge in [0.1, 0.15) is 5.69 Å². The molecule has 1 atom stereocenters. The van der Waals surface area contributed by atoms with Gasteiger partial charge in [0.2, 0.25) is 0 Å². The van der Waals surface area contributed by atoms with E-state index in [0.29, 0.717) is 21.6 Å². The molecule has 0 saturated heterocycles. The average molecular weight is 371 g/mol. The van der Waals surface area contributed by atoms with E-state index in [9.17, 15) is 14.4 Å². The molecule has 0 aliphatic rings. The Bertz CT molecular complexity index is 1030. The summed E-state index contributed by atoms with van der Waals surface area (Å²) in [6, 6.07) is 14.5. The molecular weight excluding hydrogens is 356 g/mol. The lowest BCUT2D eigenvalue weighted by Crippen LogP contribution is -2.30. The number of pyridine rings is 1. The Morgan fingerprint density at radius 2 is 1.81 bits per heavy atom. The fourth-order valence-electron chi connectivity index (χ4n) is 2.36. The number of carbonyl (C=O) groups excluding carboxylic acids is 2. The van der Waals surface area contributed by atoms with Gasteiger partial charge in [-0.1, -0.05) is 23.7 Å². The fourth-order valence-corrected chi connectivity index (χ4v) is 2.49. The summed E-state index contributed by atoms with van der Waals surface area (Å²) in [6.07, 6.45) is -1.05. The van der Waals surface area contributed by atoms with Crippen LogP contribution in [0.2, 0.25) is 5.02 Å². The van der Waals surface area contributed by atoms with E-state index < -0.39 is 18.0 Å². The van der Waals surface area contributed by atoms with Crippen LogP contribution >= 0.6 is 11.6 Å². The van der Waals surface area contributed by atoms with Crippen molar-refractivity contribution in [2.24, 2.45) is 0 Å². The number of fused-ring (bicyclic) bond motifs is 1. The van der Waals surface area contributed by atoms with Gasteiger partial charge in [0, 0.05) is 27.7 Å². The standard InChI is InChI=1S/C19H15ClN2O4/c1-11(18(24)21-13-8-6-12(20)7-9-13)26-19(25)16-10-17(23)14-4-2-3-5-15(14)22-16/h2-11H,1H3,(H,21,24)(H,22,23)/t11-/m0/s1. The Balaban J connectivity index is 1.71. The highest BCUT2D eigenvalue weighted by molar-refractivity contribution is 6.30. The number of anilines is 1. The molecule has 3 aromatic rings. The fraction of sp³-hybridized carbons (Fsp3) is 0.105. The Morgan fingerprint density at radius 3 is 2.54 bits per heavy atom. The van der Waals surface area contributed by atoms with E-state index in [1.807, 2.05) is 0 Å². The molecule has 0 radical (unpaired) electrons. The number of hydrogen-bond donors (Lipinski definition) is 2. The minimum Gasteiger partial charge on any atom is -0.448 e. The van der Waals surface area contributed by atoms with Gasteiger partial charge in [0.05, 0.1) is 0 Å². The van der Waals surface area contributed by atoms with E-state index in [0.717, 1.165) is 6.07 Å². The molecule has 6 nitrogen and oxygen atoms in total. The molecule has 2 aromatic carbocycles. The molecule has 7 heteroatoms. The quantitative estimate of drug-likeness (QED) is 0.689. The lowest BCUT2D eigenvalue weighted by Gasteiger charge is -2.13. The summed E-state index contributed by atoms with van der Waals surface area (Å²) < 4.78 is 5.15. The lowest BCUT2D eigenvalue weighted by atomic mass is 10.2. The molecule has 0 saturated carbocycles. The molecule has 0 bridgehead atoms. The number of amides is 1. The molecule has 2 N–H and O–H groups in total. The highest BCUT2D eigenvalue weighted by Crippen LogP contribution is 2.14. The molecular formula is C19H15ClN2O4. The second-order valence-corrected chi connectivity index (χ2v) is 6.07. The van der Waals surface area contributed by atoms with Gasteiger partial charge >= 0.3 is 5.97 Å². The summed E-state index contributed by atoms with van der Waals surface area (Å²) >= 11 is 5.79. The van der Waals surface area contributed by atoms with Gasteiger partial charge < -0.3 is 15.0 Å². The first-order valence-electron chi connectivity index (χ1n) is 7.83. The summed E-state index contributed by atoms with van der Waals surface area (Å²) in [5, 5.41) is 3.63. The third-order valence-corrected chi connectivity index (χ3v) is 3.97. The van der Waals surface area contributed by atoms with Crippen LogP contribution < -0.4 is 10.7 Å². The Hall–Kier alpha value is -3.12. The smallest absolute Gasteiger partial charge is 0.355 e. The predicted octanol–water partition coefficient (Wildman–Crippen LogP) is 3.37. The molecule has 1 aromatic heterocycles. The zero-order valence-corrected chi connectivity index (χ0v) is 14.5. The van der Waals surface area contributed by atoms with E-state index in [1.165, 1.54) is 6.92 Å². The number of halogens is 1. The second-order valence-electron chi connectivity index (χ2n) is 5.64. The number of rotatable bonds is 4. The molecule has 0 spiro atoms. The maximum absolute atomic E-state index is 12.3. The normalized spacial score (nSPS) is 11.8. The maximum atomic E-state index is 12.3. The van der Waals surface area contributed by atoms with Crippen molar-refractivity contribution in [3.63, 3.8) is 0 Å². The second kappa shape index (κ2) is 7.41. The SMILES string of the molecule is C[C@H](OC(=O)c1cc(=O)c2ccccc2[nH]1)C(=O)Nc1ccc(Cl)cc1. The molecule has 0 fully saturated rings. The minimum absolute atomic E-state index is 0.0140. The monoisotopic (exact) mass is 370 g/mol. The van der Waals surface area contributed by atoms with E-state index in [-0.39, 0.29) is 11.1 Å². The maximum Gasteiger partial charge on any atom is 0.355 e. The molecule has 1 heterocycles. The first-order valence-corrected chi connectivity index (χ1v) is 8.21. The van der Waals surface area contributed by atoms with Crippen LogP contribution in [0.4, 0.5) is 5.69 Å². The van der Waals surface area contributed by atoms with Gasteiger partial charge in [0.15, 0.2) is 11.5 Å². The number of esters is 1. The third-order valence-electron chi connectivity index (χ3n) is 3.72. The summed E-state index contributed by atoms with van der Waals surface area (Å²) in [5.74, 6) is -1.28. The molecule has 0 unspecified atom stereocenters. The topological polar surface area (TPSA) is 88.3 Å².